The summed E-state index contributed by atoms with van der Waals surface area (Å²) in [6.07, 6.45) is 1.63. The molecule has 0 fully saturated rings. The van der Waals surface area contributed by atoms with Crippen molar-refractivity contribution in [2.24, 2.45) is 5.41 Å². The zero-order valence-corrected chi connectivity index (χ0v) is 10.3. The summed E-state index contributed by atoms with van der Waals surface area (Å²) >= 11 is 0. The van der Waals surface area contributed by atoms with E-state index in [4.69, 9.17) is 4.74 Å². The number of aromatic nitrogens is 2. The minimum atomic E-state index is -0.376. The van der Waals surface area contributed by atoms with Gasteiger partial charge in [-0.2, -0.15) is 5.10 Å². The number of fused-ring (bicyclic) bond motifs is 1. The van der Waals surface area contributed by atoms with Crippen molar-refractivity contribution in [3.05, 3.63) is 23.9 Å². The van der Waals surface area contributed by atoms with Crippen LogP contribution in [-0.4, -0.2) is 23.6 Å². The van der Waals surface area contributed by atoms with Gasteiger partial charge in [-0.05, 0) is 12.1 Å². The number of nitrogens with one attached hydrogen (secondary N) is 1. The van der Waals surface area contributed by atoms with Crippen LogP contribution in [0.25, 0.3) is 10.9 Å². The fraction of sp³-hybridized carbons (Fsp3) is 0.385. The van der Waals surface area contributed by atoms with Gasteiger partial charge in [0.25, 0.3) is 0 Å². The number of rotatable bonds is 4. The number of aromatic amines is 1. The molecule has 1 aromatic carbocycles. The second-order valence-corrected chi connectivity index (χ2v) is 4.87. The number of benzene rings is 1. The molecule has 4 nitrogen and oxygen atoms in total. The summed E-state index contributed by atoms with van der Waals surface area (Å²) in [5, 5.41) is 8.26. The molecule has 0 bridgehead atoms. The van der Waals surface area contributed by atoms with E-state index in [0.29, 0.717) is 6.42 Å². The van der Waals surface area contributed by atoms with Gasteiger partial charge in [0.1, 0.15) is 12.0 Å². The summed E-state index contributed by atoms with van der Waals surface area (Å²) in [4.78, 5) is 10.9. The molecule has 0 saturated heterocycles. The van der Waals surface area contributed by atoms with Gasteiger partial charge >= 0.3 is 0 Å². The predicted molar refractivity (Wildman–Crippen MR) is 66.2 cm³/mol. The Morgan fingerprint density at radius 3 is 2.88 bits per heavy atom. The molecule has 0 saturated carbocycles. The molecule has 0 amide bonds. The first-order chi connectivity index (χ1) is 8.05. The van der Waals surface area contributed by atoms with Crippen molar-refractivity contribution in [2.45, 2.75) is 20.3 Å². The first-order valence-electron chi connectivity index (χ1n) is 5.53. The van der Waals surface area contributed by atoms with Crippen molar-refractivity contribution in [1.29, 1.82) is 0 Å². The number of methoxy groups -OCH3 is 1. The minimum Gasteiger partial charge on any atom is -0.497 e. The first kappa shape index (κ1) is 11.6. The van der Waals surface area contributed by atoms with Gasteiger partial charge in [0, 0.05) is 29.0 Å². The molecule has 17 heavy (non-hydrogen) atoms. The molecule has 0 unspecified atom stereocenters. The van der Waals surface area contributed by atoms with Crippen LogP contribution in [0.2, 0.25) is 0 Å². The van der Waals surface area contributed by atoms with Crippen LogP contribution in [-0.2, 0) is 11.2 Å². The van der Waals surface area contributed by atoms with Gasteiger partial charge in [-0.1, -0.05) is 13.8 Å². The van der Waals surface area contributed by atoms with E-state index in [1.54, 1.807) is 7.11 Å². The maximum atomic E-state index is 10.9. The molecule has 0 aliphatic rings. The van der Waals surface area contributed by atoms with Crippen molar-refractivity contribution in [1.82, 2.24) is 10.2 Å². The molecule has 0 aliphatic carbocycles. The lowest BCUT2D eigenvalue weighted by Crippen LogP contribution is -2.16. The third-order valence-corrected chi connectivity index (χ3v) is 2.79. The second kappa shape index (κ2) is 4.20. The Hall–Kier alpha value is -1.84. The van der Waals surface area contributed by atoms with Gasteiger partial charge in [-0.3, -0.25) is 5.10 Å². The normalized spacial score (nSPS) is 11.7. The standard InChI is InChI=1S/C13H16N2O2/c1-13(2,8-16)7-12-10-5-4-9(17-3)6-11(10)14-15-12/h4-6,8H,7H2,1-3H3,(H,14,15). The fourth-order valence-electron chi connectivity index (χ4n) is 1.81. The van der Waals surface area contributed by atoms with E-state index in [0.717, 1.165) is 28.6 Å². The molecule has 0 atom stereocenters. The number of carbonyl (C=O) groups is 1. The van der Waals surface area contributed by atoms with Crippen LogP contribution in [0.5, 0.6) is 5.75 Å². The summed E-state index contributed by atoms with van der Waals surface area (Å²) in [6, 6.07) is 5.74. The number of hydrogen-bond donors (Lipinski definition) is 1. The lowest BCUT2D eigenvalue weighted by Gasteiger charge is -2.15. The molecule has 1 N–H and O–H groups in total. The third kappa shape index (κ3) is 2.30. The molecule has 1 aromatic heterocycles. The monoisotopic (exact) mass is 232 g/mol. The third-order valence-electron chi connectivity index (χ3n) is 2.79. The van der Waals surface area contributed by atoms with Crippen molar-refractivity contribution >= 4 is 17.2 Å². The largest absolute Gasteiger partial charge is 0.497 e. The summed E-state index contributed by atoms with van der Waals surface area (Å²) in [5.41, 5.74) is 1.47. The minimum absolute atomic E-state index is 0.376. The molecule has 2 aromatic rings. The Labute approximate surface area is 100.0 Å². The topological polar surface area (TPSA) is 55.0 Å². The van der Waals surface area contributed by atoms with E-state index >= 15 is 0 Å². The number of hydrogen-bond acceptors (Lipinski definition) is 3. The Morgan fingerprint density at radius 1 is 1.47 bits per heavy atom. The molecular formula is C13H16N2O2. The van der Waals surface area contributed by atoms with Crippen molar-refractivity contribution in [3.8, 4) is 5.75 Å². The van der Waals surface area contributed by atoms with Crippen LogP contribution >= 0.6 is 0 Å². The number of ether oxygens (including phenoxy) is 1. The zero-order chi connectivity index (χ0) is 12.5. The van der Waals surface area contributed by atoms with E-state index in [9.17, 15) is 4.79 Å². The van der Waals surface area contributed by atoms with E-state index in [1.807, 2.05) is 32.0 Å². The first-order valence-corrected chi connectivity index (χ1v) is 5.53. The number of H-pyrrole nitrogens is 1. The van der Waals surface area contributed by atoms with E-state index in [-0.39, 0.29) is 5.41 Å². The van der Waals surface area contributed by atoms with Crippen LogP contribution in [0.15, 0.2) is 18.2 Å². The Kier molecular flexibility index (Phi) is 2.88. The van der Waals surface area contributed by atoms with E-state index in [2.05, 4.69) is 10.2 Å². The van der Waals surface area contributed by atoms with Crippen molar-refractivity contribution < 1.29 is 9.53 Å². The average molecular weight is 232 g/mol. The Balaban J connectivity index is 2.40. The van der Waals surface area contributed by atoms with Gasteiger partial charge in [-0.25, -0.2) is 0 Å². The van der Waals surface area contributed by atoms with Crippen LogP contribution in [0, 0.1) is 5.41 Å². The lowest BCUT2D eigenvalue weighted by atomic mass is 9.89. The molecular weight excluding hydrogens is 216 g/mol. The Morgan fingerprint density at radius 2 is 2.24 bits per heavy atom. The van der Waals surface area contributed by atoms with Gasteiger partial charge in [-0.15, -0.1) is 0 Å². The number of aldehydes is 1. The fourth-order valence-corrected chi connectivity index (χ4v) is 1.81. The van der Waals surface area contributed by atoms with Gasteiger partial charge in [0.15, 0.2) is 0 Å². The molecule has 0 radical (unpaired) electrons. The maximum absolute atomic E-state index is 10.9. The maximum Gasteiger partial charge on any atom is 0.125 e. The SMILES string of the molecule is COc1ccc2c(CC(C)(C)C=O)[nH]nc2c1. The lowest BCUT2D eigenvalue weighted by molar-refractivity contribution is -0.114. The highest BCUT2D eigenvalue weighted by molar-refractivity contribution is 5.83. The smallest absolute Gasteiger partial charge is 0.125 e. The summed E-state index contributed by atoms with van der Waals surface area (Å²) < 4.78 is 5.14. The van der Waals surface area contributed by atoms with E-state index in [1.165, 1.54) is 0 Å². The number of carbonyl (C=O) groups excluding carboxylic acids is 1. The van der Waals surface area contributed by atoms with Gasteiger partial charge < -0.3 is 9.53 Å². The Bertz CT molecular complexity index is 543. The summed E-state index contributed by atoms with van der Waals surface area (Å²) in [7, 11) is 1.63. The molecule has 90 valence electrons. The number of nitrogens with zero attached hydrogens (tertiary/aromatic N) is 1. The van der Waals surface area contributed by atoms with Crippen LogP contribution in [0.4, 0.5) is 0 Å². The summed E-state index contributed by atoms with van der Waals surface area (Å²) in [6.45, 7) is 3.83. The van der Waals surface area contributed by atoms with Crippen molar-refractivity contribution in [2.75, 3.05) is 7.11 Å². The zero-order valence-electron chi connectivity index (χ0n) is 10.3. The highest BCUT2D eigenvalue weighted by Gasteiger charge is 2.20. The van der Waals surface area contributed by atoms with Gasteiger partial charge in [0.05, 0.1) is 12.6 Å². The molecule has 0 spiro atoms. The van der Waals surface area contributed by atoms with Gasteiger partial charge in [0.2, 0.25) is 0 Å². The molecule has 2 rings (SSSR count). The van der Waals surface area contributed by atoms with E-state index < -0.39 is 0 Å². The van der Waals surface area contributed by atoms with Crippen molar-refractivity contribution in [3.63, 3.8) is 0 Å². The predicted octanol–water partition coefficient (Wildman–Crippen LogP) is 2.34. The van der Waals surface area contributed by atoms with Crippen LogP contribution in [0.1, 0.15) is 19.5 Å². The molecule has 0 aliphatic heterocycles. The molecule has 4 heteroatoms. The highest BCUT2D eigenvalue weighted by Crippen LogP contribution is 2.26. The van der Waals surface area contributed by atoms with Crippen LogP contribution < -0.4 is 4.74 Å². The highest BCUT2D eigenvalue weighted by atomic mass is 16.5. The average Bonchev–Trinajstić information content (AvgIpc) is 2.71. The molecule has 1 heterocycles. The second-order valence-electron chi connectivity index (χ2n) is 4.87. The van der Waals surface area contributed by atoms with Crippen LogP contribution in [0.3, 0.4) is 0 Å². The summed E-state index contributed by atoms with van der Waals surface area (Å²) in [5.74, 6) is 0.783. The quantitative estimate of drug-likeness (QED) is 0.823.